The lowest BCUT2D eigenvalue weighted by Gasteiger charge is -2.40. The summed E-state index contributed by atoms with van der Waals surface area (Å²) in [5, 5.41) is 0. The van der Waals surface area contributed by atoms with Crippen LogP contribution in [0.2, 0.25) is 0 Å². The van der Waals surface area contributed by atoms with Crippen LogP contribution in [-0.4, -0.2) is 0 Å². The first-order valence-corrected chi connectivity index (χ1v) is 27.9. The highest BCUT2D eigenvalue weighted by Crippen LogP contribution is 2.46. The summed E-state index contributed by atoms with van der Waals surface area (Å²) >= 11 is 0. The van der Waals surface area contributed by atoms with Crippen molar-refractivity contribution in [2.75, 3.05) is 0 Å². The molecule has 0 heteroatoms. The first kappa shape index (κ1) is 58.2. The fourth-order valence-electron chi connectivity index (χ4n) is 9.93. The fourth-order valence-corrected chi connectivity index (χ4v) is 9.93. The number of benzene rings is 1. The topological polar surface area (TPSA) is 0 Å². The van der Waals surface area contributed by atoms with Crippen LogP contribution in [0.15, 0.2) is 53.2 Å². The maximum Gasteiger partial charge on any atom is -0.0195 e. The Bertz CT molecular complexity index is 1360. The molecule has 1 aromatic rings. The van der Waals surface area contributed by atoms with E-state index in [1.165, 1.54) is 225 Å². The van der Waals surface area contributed by atoms with Crippen LogP contribution < -0.4 is 0 Å². The van der Waals surface area contributed by atoms with E-state index in [9.17, 15) is 0 Å². The average Bonchev–Trinajstić information content (AvgIpc) is 4.10. The van der Waals surface area contributed by atoms with E-state index < -0.39 is 0 Å². The molecule has 0 spiro atoms. The third kappa shape index (κ3) is 25.0. The normalized spacial score (nSPS) is 19.7. The molecule has 0 nitrogen and oxygen atoms in total. The Hall–Kier alpha value is -1.82. The van der Waals surface area contributed by atoms with Crippen molar-refractivity contribution in [2.45, 2.75) is 289 Å². The molecule has 3 fully saturated rings. The van der Waals surface area contributed by atoms with Gasteiger partial charge in [0.15, 0.2) is 0 Å². The molecule has 0 unspecified atom stereocenters. The molecule has 1 aromatic carbocycles. The van der Waals surface area contributed by atoms with Crippen LogP contribution in [0.3, 0.4) is 0 Å². The van der Waals surface area contributed by atoms with Crippen LogP contribution in [0, 0.1) is 37.0 Å². The molecule has 0 bridgehead atoms. The van der Waals surface area contributed by atoms with Crippen molar-refractivity contribution in [1.29, 1.82) is 0 Å². The highest BCUT2D eigenvalue weighted by Gasteiger charge is 2.32. The van der Waals surface area contributed by atoms with Gasteiger partial charge in [0.1, 0.15) is 0 Å². The van der Waals surface area contributed by atoms with E-state index in [2.05, 4.69) is 113 Å². The largest absolute Gasteiger partial charge is 0.0770 e. The number of rotatable bonds is 27. The second-order valence-corrected chi connectivity index (χ2v) is 20.4. The Morgan fingerprint density at radius 3 is 1.66 bits per heavy atom. The first-order valence-electron chi connectivity index (χ1n) is 27.9. The maximum absolute atomic E-state index is 2.43. The lowest BCUT2D eigenvalue weighted by atomic mass is 9.66. The predicted octanol–water partition coefficient (Wildman–Crippen LogP) is 21.8. The lowest BCUT2D eigenvalue weighted by molar-refractivity contribution is 0.121. The molecule has 0 amide bonds. The van der Waals surface area contributed by atoms with Crippen molar-refractivity contribution >= 4 is 5.57 Å². The Morgan fingerprint density at radius 1 is 0.597 bits per heavy atom. The van der Waals surface area contributed by atoms with Crippen molar-refractivity contribution in [2.24, 2.45) is 23.2 Å². The zero-order chi connectivity index (χ0) is 46.0. The zero-order valence-corrected chi connectivity index (χ0v) is 44.6. The van der Waals surface area contributed by atoms with Gasteiger partial charge in [-0.3, -0.25) is 0 Å². The second kappa shape index (κ2) is 36.4. The van der Waals surface area contributed by atoms with Gasteiger partial charge in [0.25, 0.3) is 0 Å². The summed E-state index contributed by atoms with van der Waals surface area (Å²) in [6.07, 6.45) is 54.1. The number of allylic oxidation sites excluding steroid dienone is 8. The van der Waals surface area contributed by atoms with E-state index in [1.807, 2.05) is 13.8 Å². The fraction of sp³-hybridized carbons (Fsp3) is 0.774. The average molecular weight is 856 g/mol. The van der Waals surface area contributed by atoms with Crippen LogP contribution in [0.5, 0.6) is 0 Å². The SMILES string of the molecule is CC.CCC/C=C(/C=C(/C)c1cc(CC)c(C)cc1C)C(\C)=C\C=C(\C)C1CCC1.CCCCCC1(CC)CCC(CCCC)CC1.CCCCCCCCCCCCC1CC1. The van der Waals surface area contributed by atoms with Gasteiger partial charge in [-0.15, -0.1) is 0 Å². The van der Waals surface area contributed by atoms with Crippen molar-refractivity contribution < 1.29 is 0 Å². The minimum atomic E-state index is 0.748. The van der Waals surface area contributed by atoms with E-state index >= 15 is 0 Å². The molecule has 4 rings (SSSR count). The van der Waals surface area contributed by atoms with Crippen molar-refractivity contribution in [3.8, 4) is 0 Å². The van der Waals surface area contributed by atoms with E-state index in [1.54, 1.807) is 5.57 Å². The summed E-state index contributed by atoms with van der Waals surface area (Å²) in [6.45, 7) is 29.1. The summed E-state index contributed by atoms with van der Waals surface area (Å²) in [5.41, 5.74) is 12.0. The summed E-state index contributed by atoms with van der Waals surface area (Å²) in [6, 6.07) is 4.74. The third-order valence-electron chi connectivity index (χ3n) is 15.2. The van der Waals surface area contributed by atoms with Gasteiger partial charge >= 0.3 is 0 Å². The molecule has 0 radical (unpaired) electrons. The van der Waals surface area contributed by atoms with Crippen molar-refractivity contribution in [3.05, 3.63) is 75.4 Å². The maximum atomic E-state index is 2.43. The minimum absolute atomic E-state index is 0.748. The smallest absolute Gasteiger partial charge is 0.0195 e. The zero-order valence-electron chi connectivity index (χ0n) is 44.6. The van der Waals surface area contributed by atoms with Gasteiger partial charge in [0, 0.05) is 0 Å². The molecule has 0 heterocycles. The highest BCUT2D eigenvalue weighted by atomic mass is 14.4. The highest BCUT2D eigenvalue weighted by molar-refractivity contribution is 5.71. The standard InChI is InChI=1S/C28H40.C17H34.C15H30.C2H6/c1-8-10-12-27(21(4)16-15-20(3)26-13-11-14-26)18-24(7)28-19-25(9-2)22(5)17-23(28)6;1-4-7-9-13-17(6-3)14-11-16(12-15-17)10-8-5-2;1-2-3-4-5-6-7-8-9-10-11-12-15-13-14-15;1-2/h12,15-19,26H,8-11,13-14H2,1-7H3;16H,4-15H2,1-3H3;15H,2-14H2,1H3;1-2H3/b20-15-,21-16+,24-18-,27-12-;;;. The van der Waals surface area contributed by atoms with Crippen LogP contribution in [0.4, 0.5) is 0 Å². The predicted molar refractivity (Wildman–Crippen MR) is 286 cm³/mol. The number of aryl methyl sites for hydroxylation is 3. The molecule has 0 N–H and O–H groups in total. The van der Waals surface area contributed by atoms with Crippen molar-refractivity contribution in [3.63, 3.8) is 0 Å². The molecule has 0 aliphatic heterocycles. The van der Waals surface area contributed by atoms with Gasteiger partial charge < -0.3 is 0 Å². The van der Waals surface area contributed by atoms with Gasteiger partial charge in [0.05, 0.1) is 0 Å². The Morgan fingerprint density at radius 2 is 1.15 bits per heavy atom. The summed E-state index contributed by atoms with van der Waals surface area (Å²) in [5.74, 6) is 3.05. The van der Waals surface area contributed by atoms with E-state index in [-0.39, 0.29) is 0 Å². The Kier molecular flexibility index (Phi) is 34.2. The number of unbranched alkanes of at least 4 members (excludes halogenated alkanes) is 13. The van der Waals surface area contributed by atoms with Gasteiger partial charge in [0.2, 0.25) is 0 Å². The third-order valence-corrected chi connectivity index (χ3v) is 15.2. The van der Waals surface area contributed by atoms with Gasteiger partial charge in [-0.05, 0) is 155 Å². The Labute approximate surface area is 391 Å². The molecule has 358 valence electrons. The van der Waals surface area contributed by atoms with Gasteiger partial charge in [-0.1, -0.05) is 239 Å². The molecule has 3 aliphatic rings. The number of hydrogen-bond donors (Lipinski definition) is 0. The summed E-state index contributed by atoms with van der Waals surface area (Å²) in [4.78, 5) is 0. The molecule has 3 saturated carbocycles. The van der Waals surface area contributed by atoms with Gasteiger partial charge in [-0.2, -0.15) is 0 Å². The van der Waals surface area contributed by atoms with E-state index in [0.717, 1.165) is 36.0 Å². The molecule has 0 atom stereocenters. The molecule has 62 heavy (non-hydrogen) atoms. The first-order chi connectivity index (χ1) is 30.1. The molecule has 3 aliphatic carbocycles. The number of hydrogen-bond acceptors (Lipinski definition) is 0. The van der Waals surface area contributed by atoms with E-state index in [4.69, 9.17) is 0 Å². The Balaban J connectivity index is 0.000000486. The van der Waals surface area contributed by atoms with Crippen molar-refractivity contribution in [1.82, 2.24) is 0 Å². The molecule has 0 saturated heterocycles. The lowest BCUT2D eigenvalue weighted by Crippen LogP contribution is -2.27. The minimum Gasteiger partial charge on any atom is -0.0770 e. The van der Waals surface area contributed by atoms with Crippen LogP contribution in [0.1, 0.15) is 291 Å². The quantitative estimate of drug-likeness (QED) is 0.0611. The molecular weight excluding hydrogens is 745 g/mol. The van der Waals surface area contributed by atoms with Gasteiger partial charge in [-0.25, -0.2) is 0 Å². The summed E-state index contributed by atoms with van der Waals surface area (Å²) in [7, 11) is 0. The molecular formula is C62H110. The molecule has 0 aromatic heterocycles. The van der Waals surface area contributed by atoms with Crippen LogP contribution in [0.25, 0.3) is 5.57 Å². The van der Waals surface area contributed by atoms with E-state index in [0.29, 0.717) is 0 Å². The monoisotopic (exact) mass is 855 g/mol. The van der Waals surface area contributed by atoms with Crippen LogP contribution in [-0.2, 0) is 6.42 Å². The second-order valence-electron chi connectivity index (χ2n) is 20.4. The summed E-state index contributed by atoms with van der Waals surface area (Å²) < 4.78 is 0. The van der Waals surface area contributed by atoms with Crippen LogP contribution >= 0.6 is 0 Å².